The molecule has 1 N–H and O–H groups in total. The van der Waals surface area contributed by atoms with Gasteiger partial charge in [-0.25, -0.2) is 4.68 Å². The number of rotatable bonds is 6. The number of aryl methyl sites for hydroxylation is 2. The van der Waals surface area contributed by atoms with Gasteiger partial charge in [-0.15, -0.1) is 5.10 Å². The van der Waals surface area contributed by atoms with E-state index in [1.165, 1.54) is 16.8 Å². The van der Waals surface area contributed by atoms with Crippen LogP contribution in [-0.2, 0) is 7.05 Å². The average molecular weight is 339 g/mol. The van der Waals surface area contributed by atoms with Crippen molar-refractivity contribution in [1.82, 2.24) is 35.3 Å². The van der Waals surface area contributed by atoms with E-state index in [2.05, 4.69) is 65.8 Å². The molecule has 0 fully saturated rings. The molecule has 0 amide bonds. The Morgan fingerprint density at radius 3 is 2.40 bits per heavy atom. The van der Waals surface area contributed by atoms with Gasteiger partial charge in [-0.05, 0) is 55.3 Å². The van der Waals surface area contributed by atoms with Gasteiger partial charge in [0.1, 0.15) is 6.33 Å². The van der Waals surface area contributed by atoms with Gasteiger partial charge in [0.2, 0.25) is 0 Å². The summed E-state index contributed by atoms with van der Waals surface area (Å²) in [4.78, 5) is 0. The van der Waals surface area contributed by atoms with Crippen LogP contribution in [0.15, 0.2) is 30.6 Å². The first-order chi connectivity index (χ1) is 12.0. The Morgan fingerprint density at radius 2 is 1.88 bits per heavy atom. The molecule has 0 aliphatic heterocycles. The molecule has 0 saturated heterocycles. The summed E-state index contributed by atoms with van der Waals surface area (Å²) in [6, 6.07) is 8.81. The highest BCUT2D eigenvalue weighted by Crippen LogP contribution is 2.27. The Bertz CT molecular complexity index is 818. The first-order valence-corrected chi connectivity index (χ1v) is 8.60. The standard InChI is InChI=1S/C18H25N7/c1-6-17(18-13(3)21-24(5)14(18)4)20-12(2)15-7-9-16(10-8-15)25-11-19-22-23-25/h7-12,17,20H,6H2,1-5H3/t12-,17+/m1/s1. The second-order valence-corrected chi connectivity index (χ2v) is 6.40. The molecule has 3 aromatic rings. The Balaban J connectivity index is 1.77. The predicted molar refractivity (Wildman–Crippen MR) is 96.4 cm³/mol. The topological polar surface area (TPSA) is 73.5 Å². The molecule has 7 heteroatoms. The lowest BCUT2D eigenvalue weighted by atomic mass is 9.99. The number of nitrogens with one attached hydrogen (secondary N) is 1. The number of hydrogen-bond acceptors (Lipinski definition) is 5. The molecule has 0 aliphatic carbocycles. The van der Waals surface area contributed by atoms with Crippen molar-refractivity contribution in [3.8, 4) is 5.69 Å². The summed E-state index contributed by atoms with van der Waals surface area (Å²) in [5.41, 5.74) is 5.81. The zero-order valence-electron chi connectivity index (χ0n) is 15.4. The molecule has 0 unspecified atom stereocenters. The molecule has 2 atom stereocenters. The van der Waals surface area contributed by atoms with E-state index in [4.69, 9.17) is 0 Å². The molecule has 0 spiro atoms. The lowest BCUT2D eigenvalue weighted by molar-refractivity contribution is 0.453. The fourth-order valence-corrected chi connectivity index (χ4v) is 3.29. The Kier molecular flexibility index (Phi) is 4.94. The summed E-state index contributed by atoms with van der Waals surface area (Å²) in [7, 11) is 2.00. The van der Waals surface area contributed by atoms with Crippen LogP contribution in [0.5, 0.6) is 0 Å². The molecule has 2 heterocycles. The van der Waals surface area contributed by atoms with Gasteiger partial charge in [0.05, 0.1) is 11.4 Å². The van der Waals surface area contributed by atoms with Gasteiger partial charge in [-0.1, -0.05) is 19.1 Å². The maximum absolute atomic E-state index is 4.55. The SMILES string of the molecule is CC[C@H](N[C@H](C)c1ccc(-n2cnnn2)cc1)c1c(C)nn(C)c1C. The van der Waals surface area contributed by atoms with Gasteiger partial charge < -0.3 is 5.32 Å². The van der Waals surface area contributed by atoms with Crippen LogP contribution in [0.4, 0.5) is 0 Å². The van der Waals surface area contributed by atoms with Gasteiger partial charge in [-0.3, -0.25) is 4.68 Å². The second-order valence-electron chi connectivity index (χ2n) is 6.40. The molecule has 0 saturated carbocycles. The number of benzene rings is 1. The lowest BCUT2D eigenvalue weighted by Crippen LogP contribution is -2.25. The highest BCUT2D eigenvalue weighted by molar-refractivity contribution is 5.35. The van der Waals surface area contributed by atoms with Crippen molar-refractivity contribution in [2.24, 2.45) is 7.05 Å². The third kappa shape index (κ3) is 3.46. The maximum atomic E-state index is 4.55. The van der Waals surface area contributed by atoms with Gasteiger partial charge in [0, 0.05) is 30.4 Å². The molecule has 2 aromatic heterocycles. The van der Waals surface area contributed by atoms with Gasteiger partial charge in [0.25, 0.3) is 0 Å². The molecular weight excluding hydrogens is 314 g/mol. The zero-order chi connectivity index (χ0) is 18.0. The number of aromatic nitrogens is 6. The van der Waals surface area contributed by atoms with E-state index in [1.807, 2.05) is 23.9 Å². The van der Waals surface area contributed by atoms with Crippen LogP contribution >= 0.6 is 0 Å². The second kappa shape index (κ2) is 7.14. The number of hydrogen-bond donors (Lipinski definition) is 1. The molecule has 132 valence electrons. The minimum absolute atomic E-state index is 0.229. The summed E-state index contributed by atoms with van der Waals surface area (Å²) in [5, 5.41) is 19.6. The molecule has 0 radical (unpaired) electrons. The van der Waals surface area contributed by atoms with Crippen LogP contribution in [0.25, 0.3) is 5.69 Å². The quantitative estimate of drug-likeness (QED) is 0.747. The molecule has 7 nitrogen and oxygen atoms in total. The van der Waals surface area contributed by atoms with Crippen LogP contribution in [0.3, 0.4) is 0 Å². The third-order valence-electron chi connectivity index (χ3n) is 4.78. The first-order valence-electron chi connectivity index (χ1n) is 8.60. The molecule has 0 aliphatic rings. The van der Waals surface area contributed by atoms with E-state index >= 15 is 0 Å². The summed E-state index contributed by atoms with van der Waals surface area (Å²) < 4.78 is 3.61. The van der Waals surface area contributed by atoms with Crippen molar-refractivity contribution in [3.05, 3.63) is 53.1 Å². The summed E-state index contributed by atoms with van der Waals surface area (Å²) >= 11 is 0. The van der Waals surface area contributed by atoms with Crippen molar-refractivity contribution in [2.45, 2.75) is 46.2 Å². The van der Waals surface area contributed by atoms with Crippen molar-refractivity contribution in [2.75, 3.05) is 0 Å². The highest BCUT2D eigenvalue weighted by Gasteiger charge is 2.20. The van der Waals surface area contributed by atoms with Crippen molar-refractivity contribution in [3.63, 3.8) is 0 Å². The van der Waals surface area contributed by atoms with Gasteiger partial charge in [-0.2, -0.15) is 5.10 Å². The molecule has 1 aromatic carbocycles. The van der Waals surface area contributed by atoms with Crippen molar-refractivity contribution < 1.29 is 0 Å². The highest BCUT2D eigenvalue weighted by atomic mass is 15.5. The Morgan fingerprint density at radius 1 is 1.16 bits per heavy atom. The molecule has 0 bridgehead atoms. The van der Waals surface area contributed by atoms with Crippen LogP contribution < -0.4 is 5.32 Å². The van der Waals surface area contributed by atoms with Crippen LogP contribution in [0, 0.1) is 13.8 Å². The average Bonchev–Trinajstić information content (AvgIpc) is 3.22. The fourth-order valence-electron chi connectivity index (χ4n) is 3.29. The van der Waals surface area contributed by atoms with E-state index in [0.717, 1.165) is 17.8 Å². The summed E-state index contributed by atoms with van der Waals surface area (Å²) in [5.74, 6) is 0. The first kappa shape index (κ1) is 17.3. The largest absolute Gasteiger partial charge is 0.303 e. The maximum Gasteiger partial charge on any atom is 0.143 e. The normalized spacial score (nSPS) is 13.8. The van der Waals surface area contributed by atoms with E-state index in [1.54, 1.807) is 11.0 Å². The van der Waals surface area contributed by atoms with E-state index < -0.39 is 0 Å². The number of nitrogens with zero attached hydrogens (tertiary/aromatic N) is 6. The predicted octanol–water partition coefficient (Wildman–Crippen LogP) is 2.81. The van der Waals surface area contributed by atoms with Crippen molar-refractivity contribution in [1.29, 1.82) is 0 Å². The van der Waals surface area contributed by atoms with Gasteiger partial charge >= 0.3 is 0 Å². The fraction of sp³-hybridized carbons (Fsp3) is 0.444. The van der Waals surface area contributed by atoms with E-state index in [-0.39, 0.29) is 12.1 Å². The van der Waals surface area contributed by atoms with Crippen molar-refractivity contribution >= 4 is 0 Å². The van der Waals surface area contributed by atoms with E-state index in [9.17, 15) is 0 Å². The summed E-state index contributed by atoms with van der Waals surface area (Å²) in [6.07, 6.45) is 2.61. The molecule has 25 heavy (non-hydrogen) atoms. The third-order valence-corrected chi connectivity index (χ3v) is 4.78. The Labute approximate surface area is 148 Å². The Hall–Kier alpha value is -2.54. The van der Waals surface area contributed by atoms with Crippen LogP contribution in [-0.4, -0.2) is 30.0 Å². The monoisotopic (exact) mass is 339 g/mol. The lowest BCUT2D eigenvalue weighted by Gasteiger charge is -2.23. The smallest absolute Gasteiger partial charge is 0.143 e. The van der Waals surface area contributed by atoms with E-state index in [0.29, 0.717) is 0 Å². The van der Waals surface area contributed by atoms with Crippen LogP contribution in [0.1, 0.15) is 54.9 Å². The zero-order valence-corrected chi connectivity index (χ0v) is 15.4. The molecule has 3 rings (SSSR count). The van der Waals surface area contributed by atoms with Crippen LogP contribution in [0.2, 0.25) is 0 Å². The van der Waals surface area contributed by atoms with Gasteiger partial charge in [0.15, 0.2) is 0 Å². The number of tetrazole rings is 1. The summed E-state index contributed by atoms with van der Waals surface area (Å²) in [6.45, 7) is 8.61. The minimum Gasteiger partial charge on any atom is -0.303 e. The molecular formula is C18H25N7. The minimum atomic E-state index is 0.229.